The van der Waals surface area contributed by atoms with Gasteiger partial charge >= 0.3 is 17.2 Å². The molecule has 3 aromatic rings. The maximum atomic E-state index is 12.7. The number of carbonyl (C=O) groups is 4. The van der Waals surface area contributed by atoms with Crippen LogP contribution in [0.4, 0.5) is 4.79 Å². The van der Waals surface area contributed by atoms with Gasteiger partial charge in [-0.15, -0.1) is 0 Å². The van der Waals surface area contributed by atoms with Crippen molar-refractivity contribution in [2.45, 2.75) is 51.0 Å². The number of carboxylic acid groups (broad SMARTS) is 1. The number of hydrogen-bond donors (Lipinski definition) is 3. The predicted octanol–water partition coefficient (Wildman–Crippen LogP) is 2.91. The molecule has 1 heterocycles. The van der Waals surface area contributed by atoms with Gasteiger partial charge in [-0.05, 0) is 29.3 Å². The van der Waals surface area contributed by atoms with E-state index >= 15 is 0 Å². The number of carbonyl (C=O) groups excluding carboxylic acids is 3. The Kier molecular flexibility index (Phi) is 11.3. The van der Waals surface area contributed by atoms with E-state index in [4.69, 9.17) is 4.74 Å². The molecule has 40 heavy (non-hydrogen) atoms. The monoisotopic (exact) mass is 567 g/mol. The molecule has 2 amide bonds. The van der Waals surface area contributed by atoms with Gasteiger partial charge < -0.3 is 20.5 Å². The lowest BCUT2D eigenvalue weighted by Gasteiger charge is -2.14. The first-order valence-corrected chi connectivity index (χ1v) is 13.8. The Morgan fingerprint density at radius 1 is 1.00 bits per heavy atom. The topological polar surface area (TPSA) is 131 Å². The molecule has 0 saturated heterocycles. The van der Waals surface area contributed by atoms with E-state index in [1.54, 1.807) is 12.1 Å². The van der Waals surface area contributed by atoms with Crippen LogP contribution in [0.3, 0.4) is 0 Å². The second-order valence-electron chi connectivity index (χ2n) is 9.32. The molecule has 1 atom stereocenters. The van der Waals surface area contributed by atoms with E-state index in [1.807, 2.05) is 61.9 Å². The molecule has 212 valence electrons. The molecule has 3 rings (SSSR count). The molecular weight excluding hydrogens is 532 g/mol. The first-order valence-electron chi connectivity index (χ1n) is 12.9. The Labute approximate surface area is 237 Å². The van der Waals surface area contributed by atoms with Crippen molar-refractivity contribution in [2.24, 2.45) is 7.05 Å². The van der Waals surface area contributed by atoms with E-state index in [1.165, 1.54) is 11.8 Å². The molecule has 0 spiro atoms. The number of alkyl carbamates (subject to hydrolysis) is 1. The van der Waals surface area contributed by atoms with Crippen LogP contribution < -0.4 is 15.2 Å². The zero-order valence-electron chi connectivity index (χ0n) is 22.9. The number of nitrogens with one attached hydrogen (secondary N) is 2. The fourth-order valence-corrected chi connectivity index (χ4v) is 5.11. The molecule has 10 nitrogen and oxygen atoms in total. The number of rotatable bonds is 14. The van der Waals surface area contributed by atoms with Gasteiger partial charge in [-0.1, -0.05) is 60.7 Å². The molecule has 0 aliphatic carbocycles. The summed E-state index contributed by atoms with van der Waals surface area (Å²) < 4.78 is 9.25. The molecule has 0 aliphatic rings. The highest BCUT2D eigenvalue weighted by atomic mass is 32.2. The second kappa shape index (κ2) is 14.9. The normalized spacial score (nSPS) is 11.5. The van der Waals surface area contributed by atoms with Crippen LogP contribution in [0, 0.1) is 13.8 Å². The maximum absolute atomic E-state index is 12.7. The van der Waals surface area contributed by atoms with Gasteiger partial charge in [0, 0.05) is 20.3 Å². The van der Waals surface area contributed by atoms with Crippen LogP contribution in [0.2, 0.25) is 0 Å². The molecule has 11 heteroatoms. The van der Waals surface area contributed by atoms with Crippen molar-refractivity contribution in [3.05, 3.63) is 83.2 Å². The lowest BCUT2D eigenvalue weighted by molar-refractivity contribution is -0.715. The van der Waals surface area contributed by atoms with Crippen LogP contribution in [0.25, 0.3) is 0 Å². The van der Waals surface area contributed by atoms with E-state index in [0.29, 0.717) is 6.54 Å². The standard InChI is InChI=1S/C29H34N4O6S/c1-20-21(2)33(17-22-10-6-4-7-11-22)29(32(20)3)40-19-24(34)14-15-25(27(36)37)31-26(35)16-30-28(38)39-18-23-12-8-5-9-13-23/h4-13,25H,14-19H2,1-3H3,(H2-,30,31,35,36,37,38)/p+1/t25-/m0/s1. The minimum atomic E-state index is -1.26. The summed E-state index contributed by atoms with van der Waals surface area (Å²) >= 11 is 1.40. The van der Waals surface area contributed by atoms with Gasteiger partial charge in [-0.2, -0.15) is 0 Å². The number of thioether (sulfide) groups is 1. The first-order chi connectivity index (χ1) is 19.2. The molecule has 0 saturated carbocycles. The van der Waals surface area contributed by atoms with Gasteiger partial charge in [-0.25, -0.2) is 18.7 Å². The van der Waals surface area contributed by atoms with Crippen LogP contribution in [0.1, 0.15) is 35.4 Å². The lowest BCUT2D eigenvalue weighted by Crippen LogP contribution is -2.45. The number of carboxylic acids is 1. The van der Waals surface area contributed by atoms with Gasteiger partial charge in [0.1, 0.15) is 42.9 Å². The fourth-order valence-electron chi connectivity index (χ4n) is 3.98. The van der Waals surface area contributed by atoms with Crippen molar-refractivity contribution in [2.75, 3.05) is 12.3 Å². The second-order valence-corrected chi connectivity index (χ2v) is 10.3. The molecule has 0 unspecified atom stereocenters. The third-order valence-electron chi connectivity index (χ3n) is 6.45. The number of nitrogens with zero attached hydrogens (tertiary/aromatic N) is 2. The van der Waals surface area contributed by atoms with Crippen molar-refractivity contribution in [3.8, 4) is 0 Å². The van der Waals surface area contributed by atoms with Crippen LogP contribution in [-0.2, 0) is 39.3 Å². The first kappa shape index (κ1) is 30.4. The Morgan fingerprint density at radius 2 is 1.62 bits per heavy atom. The molecule has 0 radical (unpaired) electrons. The van der Waals surface area contributed by atoms with E-state index in [2.05, 4.69) is 27.3 Å². The smallest absolute Gasteiger partial charge is 0.407 e. The zero-order valence-corrected chi connectivity index (χ0v) is 23.7. The molecule has 1 aromatic heterocycles. The molecule has 0 aliphatic heterocycles. The number of aromatic nitrogens is 2. The lowest BCUT2D eigenvalue weighted by atomic mass is 10.1. The number of ether oxygens (including phenoxy) is 1. The van der Waals surface area contributed by atoms with Crippen molar-refractivity contribution in [1.29, 1.82) is 0 Å². The minimum absolute atomic E-state index is 0.0160. The summed E-state index contributed by atoms with van der Waals surface area (Å²) in [6.07, 6.45) is -0.875. The summed E-state index contributed by atoms with van der Waals surface area (Å²) in [5.74, 6) is -1.91. The summed E-state index contributed by atoms with van der Waals surface area (Å²) in [7, 11) is 1.96. The largest absolute Gasteiger partial charge is 0.480 e. The summed E-state index contributed by atoms with van der Waals surface area (Å²) in [6.45, 7) is 4.34. The Bertz CT molecular complexity index is 1330. The number of aliphatic carboxylic acids is 1. The number of imidazole rings is 1. The summed E-state index contributed by atoms with van der Waals surface area (Å²) in [4.78, 5) is 48.4. The molecular formula is C29H35N4O6S+. The number of ketones is 1. The quantitative estimate of drug-likeness (QED) is 0.202. The maximum Gasteiger partial charge on any atom is 0.407 e. The van der Waals surface area contributed by atoms with Crippen molar-refractivity contribution < 1.29 is 33.6 Å². The highest BCUT2D eigenvalue weighted by Crippen LogP contribution is 2.21. The van der Waals surface area contributed by atoms with Crippen molar-refractivity contribution in [3.63, 3.8) is 0 Å². The summed E-state index contributed by atoms with van der Waals surface area (Å²) in [5.41, 5.74) is 4.14. The zero-order chi connectivity index (χ0) is 29.1. The highest BCUT2D eigenvalue weighted by molar-refractivity contribution is 7.99. The number of amides is 2. The molecule has 3 N–H and O–H groups in total. The summed E-state index contributed by atoms with van der Waals surface area (Å²) in [6, 6.07) is 17.8. The fraction of sp³-hybridized carbons (Fsp3) is 0.345. The predicted molar refractivity (Wildman–Crippen MR) is 150 cm³/mol. The van der Waals surface area contributed by atoms with E-state index < -0.39 is 30.6 Å². The van der Waals surface area contributed by atoms with E-state index in [0.717, 1.165) is 27.7 Å². The summed E-state index contributed by atoms with van der Waals surface area (Å²) in [5, 5.41) is 15.1. The Balaban J connectivity index is 1.46. The van der Waals surface area contributed by atoms with Crippen molar-refractivity contribution >= 4 is 35.5 Å². The van der Waals surface area contributed by atoms with Crippen LogP contribution >= 0.6 is 11.8 Å². The Hall–Kier alpha value is -4.12. The number of Topliss-reactive ketones (excluding diaryl/α,β-unsaturated/α-hetero) is 1. The SMILES string of the molecule is Cc1c(C)[n+](C)c(SCC(=O)CC[C@H](NC(=O)CNC(=O)OCc2ccccc2)C(=O)O)n1Cc1ccccc1. The number of hydrogen-bond acceptors (Lipinski definition) is 6. The Morgan fingerprint density at radius 3 is 2.25 bits per heavy atom. The number of benzene rings is 2. The average Bonchev–Trinajstić information content (AvgIpc) is 3.15. The third kappa shape index (κ3) is 8.98. The minimum Gasteiger partial charge on any atom is -0.480 e. The van der Waals surface area contributed by atoms with Gasteiger partial charge in [-0.3, -0.25) is 9.59 Å². The van der Waals surface area contributed by atoms with Gasteiger partial charge in [0.25, 0.3) is 0 Å². The van der Waals surface area contributed by atoms with Gasteiger partial charge in [0.15, 0.2) is 0 Å². The van der Waals surface area contributed by atoms with Crippen molar-refractivity contribution in [1.82, 2.24) is 15.2 Å². The highest BCUT2D eigenvalue weighted by Gasteiger charge is 2.26. The van der Waals surface area contributed by atoms with Gasteiger partial charge in [0.2, 0.25) is 5.91 Å². The molecule has 0 fully saturated rings. The molecule has 0 bridgehead atoms. The van der Waals surface area contributed by atoms with E-state index in [9.17, 15) is 24.3 Å². The van der Waals surface area contributed by atoms with Gasteiger partial charge in [0.05, 0.1) is 12.8 Å². The van der Waals surface area contributed by atoms with Crippen LogP contribution in [0.15, 0.2) is 65.8 Å². The van der Waals surface area contributed by atoms with Crippen LogP contribution in [0.5, 0.6) is 0 Å². The van der Waals surface area contributed by atoms with E-state index in [-0.39, 0.29) is 31.0 Å². The third-order valence-corrected chi connectivity index (χ3v) is 7.67. The van der Waals surface area contributed by atoms with Crippen LogP contribution in [-0.4, -0.2) is 51.8 Å². The average molecular weight is 568 g/mol. The molecule has 2 aromatic carbocycles.